The largest absolute Gasteiger partial charge is 0.271 e. The van der Waals surface area contributed by atoms with Crippen molar-refractivity contribution in [1.82, 2.24) is 5.43 Å². The number of nitrogens with two attached hydrogens (primary N) is 1. The highest BCUT2D eigenvalue weighted by atomic mass is 35.5. The normalized spacial score (nSPS) is 12.9. The van der Waals surface area contributed by atoms with Gasteiger partial charge in [-0.2, -0.15) is 0 Å². The summed E-state index contributed by atoms with van der Waals surface area (Å²) in [6, 6.07) is 5.64. The Morgan fingerprint density at radius 1 is 1.18 bits per heavy atom. The fourth-order valence-electron chi connectivity index (χ4n) is 1.51. The van der Waals surface area contributed by atoms with Gasteiger partial charge in [-0.05, 0) is 18.2 Å². The topological polar surface area (TPSA) is 38.0 Å². The molecule has 0 aliphatic carbocycles. The van der Waals surface area contributed by atoms with Crippen molar-refractivity contribution in [2.75, 3.05) is 0 Å². The smallest absolute Gasteiger partial charge is 0.0992 e. The highest BCUT2D eigenvalue weighted by molar-refractivity contribution is 7.20. The van der Waals surface area contributed by atoms with Crippen molar-refractivity contribution in [2.24, 2.45) is 5.84 Å². The zero-order valence-electron chi connectivity index (χ0n) is 8.54. The van der Waals surface area contributed by atoms with Crippen molar-refractivity contribution in [3.63, 3.8) is 0 Å². The lowest BCUT2D eigenvalue weighted by atomic mass is 10.1. The number of hydrogen-bond acceptors (Lipinski definition) is 4. The minimum atomic E-state index is -0.0547. The molecule has 2 rings (SSSR count). The molecule has 0 saturated carbocycles. The van der Waals surface area contributed by atoms with Gasteiger partial charge in [-0.1, -0.05) is 34.8 Å². The third-order valence-electron chi connectivity index (χ3n) is 2.29. The molecular formula is C10H9Cl3N2S2. The molecule has 0 aliphatic rings. The van der Waals surface area contributed by atoms with Crippen molar-refractivity contribution >= 4 is 57.5 Å². The van der Waals surface area contributed by atoms with Crippen LogP contribution in [0, 0.1) is 0 Å². The Labute approximate surface area is 122 Å². The Morgan fingerprint density at radius 3 is 2.41 bits per heavy atom. The molecule has 2 nitrogen and oxygen atoms in total. The number of hydrogen-bond donors (Lipinski definition) is 2. The van der Waals surface area contributed by atoms with Crippen LogP contribution in [0.4, 0.5) is 0 Å². The quantitative estimate of drug-likeness (QED) is 0.640. The highest BCUT2D eigenvalue weighted by Crippen LogP contribution is 2.36. The van der Waals surface area contributed by atoms with Crippen molar-refractivity contribution in [3.05, 3.63) is 41.6 Å². The fourth-order valence-corrected chi connectivity index (χ4v) is 4.22. The van der Waals surface area contributed by atoms with Crippen LogP contribution in [0.25, 0.3) is 0 Å². The number of nitrogens with one attached hydrogen (secondary N) is 1. The van der Waals surface area contributed by atoms with Gasteiger partial charge in [0.05, 0.1) is 19.1 Å². The third kappa shape index (κ3) is 3.35. The summed E-state index contributed by atoms with van der Waals surface area (Å²) in [6.45, 7) is 0. The van der Waals surface area contributed by atoms with Crippen LogP contribution in [0.2, 0.25) is 13.0 Å². The van der Waals surface area contributed by atoms with E-state index in [4.69, 9.17) is 40.6 Å². The number of rotatable bonds is 4. The lowest BCUT2D eigenvalue weighted by molar-refractivity contribution is 0.557. The summed E-state index contributed by atoms with van der Waals surface area (Å²) in [4.78, 5) is 1.15. The molecule has 2 aromatic rings. The highest BCUT2D eigenvalue weighted by Gasteiger charge is 2.17. The van der Waals surface area contributed by atoms with Gasteiger partial charge in [-0.25, -0.2) is 0 Å². The summed E-state index contributed by atoms with van der Waals surface area (Å²) in [6.07, 6.45) is 0.737. The Bertz CT molecular complexity index is 509. The first kappa shape index (κ1) is 13.6. The third-order valence-corrected chi connectivity index (χ3v) is 5.07. The Kier molecular flexibility index (Phi) is 4.72. The molecule has 2 heterocycles. The van der Waals surface area contributed by atoms with E-state index in [1.54, 1.807) is 0 Å². The number of hydrazine groups is 1. The molecule has 0 fully saturated rings. The van der Waals surface area contributed by atoms with Crippen LogP contribution in [0.15, 0.2) is 18.2 Å². The van der Waals surface area contributed by atoms with Crippen molar-refractivity contribution in [1.29, 1.82) is 0 Å². The minimum Gasteiger partial charge on any atom is -0.271 e. The standard InChI is InChI=1S/C10H9Cl3N2S2/c11-8-2-1-5(16-8)3-7(15-14)6-4-9(12)17-10(6)13/h1-2,4,7,15H,3,14H2. The SMILES string of the molecule is NNC(Cc1ccc(Cl)s1)c1cc(Cl)sc1Cl. The average molecular weight is 328 g/mol. The van der Waals surface area contributed by atoms with E-state index in [2.05, 4.69) is 5.43 Å². The molecule has 7 heteroatoms. The zero-order chi connectivity index (χ0) is 12.4. The van der Waals surface area contributed by atoms with Crippen LogP contribution in [-0.4, -0.2) is 0 Å². The molecule has 1 atom stereocenters. The maximum absolute atomic E-state index is 6.11. The molecule has 0 saturated heterocycles. The van der Waals surface area contributed by atoms with Gasteiger partial charge in [0, 0.05) is 16.9 Å². The average Bonchev–Trinajstić information content (AvgIpc) is 2.82. The van der Waals surface area contributed by atoms with Crippen LogP contribution in [0.1, 0.15) is 16.5 Å². The number of thiophene rings is 2. The van der Waals surface area contributed by atoms with E-state index in [1.165, 1.54) is 22.7 Å². The molecule has 17 heavy (non-hydrogen) atoms. The van der Waals surface area contributed by atoms with E-state index in [-0.39, 0.29) is 6.04 Å². The molecule has 3 N–H and O–H groups in total. The van der Waals surface area contributed by atoms with Gasteiger partial charge < -0.3 is 0 Å². The predicted molar refractivity (Wildman–Crippen MR) is 77.4 cm³/mol. The molecule has 2 aromatic heterocycles. The molecule has 92 valence electrons. The van der Waals surface area contributed by atoms with Gasteiger partial charge in [0.15, 0.2) is 0 Å². The molecule has 0 aliphatic heterocycles. The van der Waals surface area contributed by atoms with Crippen molar-refractivity contribution in [2.45, 2.75) is 12.5 Å². The summed E-state index contributed by atoms with van der Waals surface area (Å²) in [7, 11) is 0. The van der Waals surface area contributed by atoms with Crippen molar-refractivity contribution < 1.29 is 0 Å². The van der Waals surface area contributed by atoms with Crippen LogP contribution >= 0.6 is 57.5 Å². The van der Waals surface area contributed by atoms with Gasteiger partial charge in [-0.3, -0.25) is 11.3 Å². The van der Waals surface area contributed by atoms with E-state index >= 15 is 0 Å². The van der Waals surface area contributed by atoms with Gasteiger partial charge >= 0.3 is 0 Å². The van der Waals surface area contributed by atoms with Gasteiger partial charge in [-0.15, -0.1) is 22.7 Å². The van der Waals surface area contributed by atoms with Gasteiger partial charge in [0.1, 0.15) is 0 Å². The predicted octanol–water partition coefficient (Wildman–Crippen LogP) is 4.52. The molecule has 0 amide bonds. The summed E-state index contributed by atoms with van der Waals surface area (Å²) in [5.74, 6) is 5.56. The zero-order valence-corrected chi connectivity index (χ0v) is 12.4. The second kappa shape index (κ2) is 5.89. The summed E-state index contributed by atoms with van der Waals surface area (Å²) < 4.78 is 2.10. The lowest BCUT2D eigenvalue weighted by Crippen LogP contribution is -2.29. The van der Waals surface area contributed by atoms with Gasteiger partial charge in [0.2, 0.25) is 0 Å². The van der Waals surface area contributed by atoms with Crippen LogP contribution in [0.5, 0.6) is 0 Å². The minimum absolute atomic E-state index is 0.0547. The first-order valence-corrected chi connectivity index (χ1v) is 7.52. The molecule has 0 aromatic carbocycles. The number of halogens is 3. The van der Waals surface area contributed by atoms with Gasteiger partial charge in [0.25, 0.3) is 0 Å². The summed E-state index contributed by atoms with van der Waals surface area (Å²) in [5, 5.41) is 0. The molecule has 0 radical (unpaired) electrons. The summed E-state index contributed by atoms with van der Waals surface area (Å²) in [5.41, 5.74) is 3.68. The second-order valence-corrected chi connectivity index (χ2v) is 7.49. The first-order chi connectivity index (χ1) is 8.10. The van der Waals surface area contributed by atoms with Crippen molar-refractivity contribution in [3.8, 4) is 0 Å². The molecule has 0 spiro atoms. The Hall–Kier alpha value is 0.190. The molecule has 1 unspecified atom stereocenters. The lowest BCUT2D eigenvalue weighted by Gasteiger charge is -2.14. The monoisotopic (exact) mass is 326 g/mol. The fraction of sp³-hybridized carbons (Fsp3) is 0.200. The summed E-state index contributed by atoms with van der Waals surface area (Å²) >= 11 is 20.8. The van der Waals surface area contributed by atoms with E-state index in [0.29, 0.717) is 8.67 Å². The van der Waals surface area contributed by atoms with Crippen LogP contribution < -0.4 is 11.3 Å². The molecule has 0 bridgehead atoms. The van der Waals surface area contributed by atoms with Crippen LogP contribution in [0.3, 0.4) is 0 Å². The second-order valence-electron chi connectivity index (χ2n) is 3.41. The Balaban J connectivity index is 2.19. The van der Waals surface area contributed by atoms with E-state index < -0.39 is 0 Å². The van der Waals surface area contributed by atoms with Crippen LogP contribution in [-0.2, 0) is 6.42 Å². The van der Waals surface area contributed by atoms with E-state index in [1.807, 2.05) is 18.2 Å². The maximum atomic E-state index is 6.11. The maximum Gasteiger partial charge on any atom is 0.0992 e. The first-order valence-electron chi connectivity index (χ1n) is 4.75. The van der Waals surface area contributed by atoms with E-state index in [9.17, 15) is 0 Å². The van der Waals surface area contributed by atoms with E-state index in [0.717, 1.165) is 21.2 Å². The Morgan fingerprint density at radius 2 is 1.94 bits per heavy atom. The molecular weight excluding hydrogens is 319 g/mol.